The molecule has 0 aromatic carbocycles. The molecule has 1 aromatic rings. The summed E-state index contributed by atoms with van der Waals surface area (Å²) in [6.07, 6.45) is 7.74. The molecule has 1 spiro atoms. The van der Waals surface area contributed by atoms with Gasteiger partial charge >= 0.3 is 0 Å². The third-order valence-electron chi connectivity index (χ3n) is 6.46. The van der Waals surface area contributed by atoms with Gasteiger partial charge in [0.1, 0.15) is 0 Å². The minimum absolute atomic E-state index is 0.379. The Morgan fingerprint density at radius 2 is 2.32 bits per heavy atom. The van der Waals surface area contributed by atoms with Crippen molar-refractivity contribution in [2.45, 2.75) is 51.3 Å². The Bertz CT molecular complexity index is 666. The van der Waals surface area contributed by atoms with Crippen molar-refractivity contribution in [2.24, 2.45) is 23.4 Å². The summed E-state index contributed by atoms with van der Waals surface area (Å²) in [4.78, 5) is 7.04. The lowest BCUT2D eigenvalue weighted by atomic mass is 9.46. The quantitative estimate of drug-likeness (QED) is 0.614. The Hall–Kier alpha value is -1.01. The molecule has 6 heteroatoms. The second-order valence-corrected chi connectivity index (χ2v) is 8.78. The largest absolute Gasteiger partial charge is 0.377 e. The van der Waals surface area contributed by atoms with Crippen LogP contribution in [0.1, 0.15) is 38.3 Å². The highest BCUT2D eigenvalue weighted by Crippen LogP contribution is 2.62. The number of aliphatic imine (C=N–C) groups is 1. The molecule has 25 heavy (non-hydrogen) atoms. The Morgan fingerprint density at radius 3 is 2.92 bits per heavy atom. The third-order valence-corrected chi connectivity index (χ3v) is 6.90. The monoisotopic (exact) mass is 408 g/mol. The lowest BCUT2D eigenvalue weighted by molar-refractivity contribution is -0.171. The van der Waals surface area contributed by atoms with Crippen LogP contribution in [-0.4, -0.2) is 47.8 Å². The summed E-state index contributed by atoms with van der Waals surface area (Å²) in [6.45, 7) is 4.69. The van der Waals surface area contributed by atoms with Gasteiger partial charge in [-0.2, -0.15) is 0 Å². The van der Waals surface area contributed by atoms with Gasteiger partial charge in [-0.3, -0.25) is 4.99 Å². The Balaban J connectivity index is 1.48. The van der Waals surface area contributed by atoms with Crippen LogP contribution in [-0.2, 0) is 18.3 Å². The number of aryl methyl sites for hydroxylation is 1. The van der Waals surface area contributed by atoms with E-state index in [1.54, 1.807) is 0 Å². The molecule has 1 aliphatic heterocycles. The SMILES string of the molecule is CCN=C(NC1C2CCOC2C12CCC2)N(C)Cc1cc(Br)cn1C. The van der Waals surface area contributed by atoms with Crippen molar-refractivity contribution in [3.63, 3.8) is 0 Å². The van der Waals surface area contributed by atoms with E-state index in [4.69, 9.17) is 9.73 Å². The van der Waals surface area contributed by atoms with Gasteiger partial charge in [-0.25, -0.2) is 0 Å². The summed E-state index contributed by atoms with van der Waals surface area (Å²) >= 11 is 3.56. The molecular formula is C19H29BrN4O. The van der Waals surface area contributed by atoms with Gasteiger partial charge in [0, 0.05) is 61.0 Å². The van der Waals surface area contributed by atoms with Crippen molar-refractivity contribution in [1.29, 1.82) is 0 Å². The van der Waals surface area contributed by atoms with E-state index in [0.717, 1.165) is 30.1 Å². The number of hydrogen-bond donors (Lipinski definition) is 1. The first-order valence-electron chi connectivity index (χ1n) is 9.49. The summed E-state index contributed by atoms with van der Waals surface area (Å²) in [6, 6.07) is 2.71. The fraction of sp³-hybridized carbons (Fsp3) is 0.737. The Labute approximate surface area is 158 Å². The number of nitrogens with one attached hydrogen (secondary N) is 1. The predicted octanol–water partition coefficient (Wildman–Crippen LogP) is 3.14. The van der Waals surface area contributed by atoms with Crippen LogP contribution < -0.4 is 5.32 Å². The highest BCUT2D eigenvalue weighted by Gasteiger charge is 2.66. The number of nitrogens with zero attached hydrogens (tertiary/aromatic N) is 3. The van der Waals surface area contributed by atoms with E-state index in [-0.39, 0.29) is 0 Å². The molecule has 0 bridgehead atoms. The van der Waals surface area contributed by atoms with Gasteiger partial charge in [-0.05, 0) is 48.2 Å². The third kappa shape index (κ3) is 2.81. The fourth-order valence-electron chi connectivity index (χ4n) is 5.06. The van der Waals surface area contributed by atoms with Gasteiger partial charge in [0.05, 0.1) is 12.6 Å². The van der Waals surface area contributed by atoms with E-state index in [1.807, 2.05) is 0 Å². The molecule has 5 nitrogen and oxygen atoms in total. The van der Waals surface area contributed by atoms with Crippen LogP contribution in [0.15, 0.2) is 21.7 Å². The first kappa shape index (κ1) is 17.4. The second kappa shape index (κ2) is 6.62. The number of ether oxygens (including phenoxy) is 1. The summed E-state index contributed by atoms with van der Waals surface area (Å²) in [5, 5.41) is 3.84. The van der Waals surface area contributed by atoms with Gasteiger partial charge in [0.15, 0.2) is 5.96 Å². The van der Waals surface area contributed by atoms with Gasteiger partial charge in [-0.15, -0.1) is 0 Å². The highest BCUT2D eigenvalue weighted by molar-refractivity contribution is 9.10. The first-order valence-corrected chi connectivity index (χ1v) is 10.3. The van der Waals surface area contributed by atoms with Crippen LogP contribution in [0.2, 0.25) is 0 Å². The molecule has 4 rings (SSSR count). The summed E-state index contributed by atoms with van der Waals surface area (Å²) < 4.78 is 9.35. The maximum Gasteiger partial charge on any atom is 0.194 e. The topological polar surface area (TPSA) is 41.8 Å². The van der Waals surface area contributed by atoms with Crippen molar-refractivity contribution >= 4 is 21.9 Å². The molecule has 1 aromatic heterocycles. The summed E-state index contributed by atoms with van der Waals surface area (Å²) in [7, 11) is 4.23. The smallest absolute Gasteiger partial charge is 0.194 e. The molecule has 1 saturated heterocycles. The Kier molecular flexibility index (Phi) is 4.61. The molecule has 0 radical (unpaired) electrons. The molecule has 1 N–H and O–H groups in total. The van der Waals surface area contributed by atoms with Crippen LogP contribution >= 0.6 is 15.9 Å². The molecule has 3 atom stereocenters. The number of halogens is 1. The maximum absolute atomic E-state index is 6.05. The molecule has 3 fully saturated rings. The summed E-state index contributed by atoms with van der Waals surface area (Å²) in [5.41, 5.74) is 1.65. The average molecular weight is 409 g/mol. The lowest BCUT2D eigenvalue weighted by Crippen LogP contribution is -2.72. The molecule has 2 saturated carbocycles. The minimum Gasteiger partial charge on any atom is -0.377 e. The van der Waals surface area contributed by atoms with E-state index in [0.29, 0.717) is 23.5 Å². The molecule has 138 valence electrons. The van der Waals surface area contributed by atoms with Crippen molar-refractivity contribution in [3.8, 4) is 0 Å². The van der Waals surface area contributed by atoms with Crippen LogP contribution in [0.3, 0.4) is 0 Å². The second-order valence-electron chi connectivity index (χ2n) is 7.87. The standard InChI is InChI=1S/C19H29BrN4O/c1-4-21-18(24(3)12-14-10-13(20)11-23(14)2)22-16-15-6-9-25-17(15)19(16)7-5-8-19/h10-11,15-17H,4-9,12H2,1-3H3,(H,21,22). The first-order chi connectivity index (χ1) is 12.0. The number of hydrogen-bond acceptors (Lipinski definition) is 2. The van der Waals surface area contributed by atoms with Crippen LogP contribution in [0.5, 0.6) is 0 Å². The average Bonchev–Trinajstić information content (AvgIpc) is 3.06. The van der Waals surface area contributed by atoms with Gasteiger partial charge in [0.2, 0.25) is 0 Å². The molecule has 3 unspecified atom stereocenters. The van der Waals surface area contributed by atoms with E-state index in [2.05, 4.69) is 64.0 Å². The van der Waals surface area contributed by atoms with Crippen molar-refractivity contribution in [2.75, 3.05) is 20.2 Å². The van der Waals surface area contributed by atoms with Crippen LogP contribution in [0.25, 0.3) is 0 Å². The minimum atomic E-state index is 0.379. The van der Waals surface area contributed by atoms with Crippen LogP contribution in [0.4, 0.5) is 0 Å². The van der Waals surface area contributed by atoms with Crippen molar-refractivity contribution < 1.29 is 4.74 Å². The molecule has 2 aliphatic carbocycles. The molecular weight excluding hydrogens is 380 g/mol. The Morgan fingerprint density at radius 1 is 1.52 bits per heavy atom. The zero-order valence-corrected chi connectivity index (χ0v) is 17.1. The predicted molar refractivity (Wildman–Crippen MR) is 104 cm³/mol. The van der Waals surface area contributed by atoms with Gasteiger partial charge in [0.25, 0.3) is 0 Å². The number of rotatable bonds is 4. The fourth-order valence-corrected chi connectivity index (χ4v) is 5.63. The zero-order valence-electron chi connectivity index (χ0n) is 15.5. The van der Waals surface area contributed by atoms with E-state index in [9.17, 15) is 0 Å². The van der Waals surface area contributed by atoms with Crippen molar-refractivity contribution in [1.82, 2.24) is 14.8 Å². The van der Waals surface area contributed by atoms with Gasteiger partial charge in [-0.1, -0.05) is 6.42 Å². The molecule has 2 heterocycles. The molecule has 0 amide bonds. The van der Waals surface area contributed by atoms with E-state index >= 15 is 0 Å². The zero-order chi connectivity index (χ0) is 17.6. The van der Waals surface area contributed by atoms with Crippen molar-refractivity contribution in [3.05, 3.63) is 22.4 Å². The molecule has 3 aliphatic rings. The van der Waals surface area contributed by atoms with E-state index < -0.39 is 0 Å². The van der Waals surface area contributed by atoms with Crippen LogP contribution in [0, 0.1) is 11.3 Å². The summed E-state index contributed by atoms with van der Waals surface area (Å²) in [5.74, 6) is 1.70. The number of aromatic nitrogens is 1. The normalized spacial score (nSPS) is 29.9. The number of fused-ring (bicyclic) bond motifs is 2. The number of guanidine groups is 1. The van der Waals surface area contributed by atoms with E-state index in [1.165, 1.54) is 31.4 Å². The lowest BCUT2D eigenvalue weighted by Gasteiger charge is -2.63. The van der Waals surface area contributed by atoms with Gasteiger partial charge < -0.3 is 19.5 Å². The maximum atomic E-state index is 6.05. The highest BCUT2D eigenvalue weighted by atomic mass is 79.9.